The predicted octanol–water partition coefficient (Wildman–Crippen LogP) is 9.49. The summed E-state index contributed by atoms with van der Waals surface area (Å²) in [6.07, 6.45) is 9.61. The number of nitrogens with zero attached hydrogens (tertiary/aromatic N) is 2. The van der Waals surface area contributed by atoms with E-state index in [9.17, 15) is 0 Å². The summed E-state index contributed by atoms with van der Waals surface area (Å²) in [6.45, 7) is 2.21. The third kappa shape index (κ3) is 4.59. The average Bonchev–Trinajstić information content (AvgIpc) is 3.81. The van der Waals surface area contributed by atoms with Crippen LogP contribution in [0.4, 0.5) is 0 Å². The van der Waals surface area contributed by atoms with E-state index < -0.39 is 0 Å². The maximum atomic E-state index is 5.21. The highest BCUT2D eigenvalue weighted by Crippen LogP contribution is 2.36. The molecule has 7 rings (SSSR count). The minimum atomic E-state index is 0.946. The normalized spacial score (nSPS) is 12.2. The quantitative estimate of drug-likeness (QED) is 0.215. The molecule has 5 aromatic rings. The first-order chi connectivity index (χ1) is 19.8. The highest BCUT2D eigenvalue weighted by atomic mass is 32.2. The van der Waals surface area contributed by atoms with Gasteiger partial charge in [-0.1, -0.05) is 67.6 Å². The summed E-state index contributed by atoms with van der Waals surface area (Å²) >= 11 is 1.83. The Labute approximate surface area is 237 Å². The van der Waals surface area contributed by atoms with Gasteiger partial charge in [-0.25, -0.2) is 9.97 Å². The van der Waals surface area contributed by atoms with Crippen molar-refractivity contribution in [2.45, 2.75) is 18.2 Å². The molecule has 8 bridgehead atoms. The van der Waals surface area contributed by atoms with E-state index in [1.165, 1.54) is 0 Å². The van der Waals surface area contributed by atoms with Gasteiger partial charge < -0.3 is 9.97 Å². The van der Waals surface area contributed by atoms with Crippen LogP contribution < -0.4 is 0 Å². The lowest BCUT2D eigenvalue weighted by molar-refractivity contribution is 1.10. The zero-order valence-corrected chi connectivity index (χ0v) is 23.0. The summed E-state index contributed by atoms with van der Waals surface area (Å²) in [5, 5.41) is 0. The molecular weight excluding hydrogens is 508 g/mol. The Kier molecular flexibility index (Phi) is 6.42. The van der Waals surface area contributed by atoms with Crippen molar-refractivity contribution in [1.82, 2.24) is 19.9 Å². The summed E-state index contributed by atoms with van der Waals surface area (Å²) < 4.78 is 0. The fraction of sp³-hybridized carbons (Fsp3) is 0.0857. The van der Waals surface area contributed by atoms with Gasteiger partial charge in [0, 0.05) is 33.2 Å². The van der Waals surface area contributed by atoms with Crippen molar-refractivity contribution in [1.29, 1.82) is 0 Å². The molecule has 0 aliphatic carbocycles. The SMILES string of the molecule is CCCSc1c2nc(c(-c3ccccc3)c3ccc(cc4ccc([nH]4)c(-c4ccccc4)c4nc1C=C4)[nH]3)C=C2. The second-order valence-electron chi connectivity index (χ2n) is 9.89. The van der Waals surface area contributed by atoms with Crippen LogP contribution in [0.25, 0.3) is 68.6 Å². The molecule has 0 unspecified atom stereocenters. The highest BCUT2D eigenvalue weighted by molar-refractivity contribution is 7.99. The summed E-state index contributed by atoms with van der Waals surface area (Å²) in [5.74, 6) is 1.00. The maximum Gasteiger partial charge on any atom is 0.0795 e. The van der Waals surface area contributed by atoms with Crippen LogP contribution in [0.15, 0.2) is 95.9 Å². The van der Waals surface area contributed by atoms with E-state index in [0.29, 0.717) is 0 Å². The first kappa shape index (κ1) is 24.4. The van der Waals surface area contributed by atoms with E-state index in [1.54, 1.807) is 0 Å². The van der Waals surface area contributed by atoms with E-state index in [1.807, 2.05) is 23.9 Å². The van der Waals surface area contributed by atoms with Crippen LogP contribution in [-0.4, -0.2) is 25.7 Å². The number of hydrogen-bond acceptors (Lipinski definition) is 3. The van der Waals surface area contributed by atoms with Gasteiger partial charge in [-0.3, -0.25) is 0 Å². The van der Waals surface area contributed by atoms with Gasteiger partial charge in [0.1, 0.15) is 0 Å². The number of nitrogens with one attached hydrogen (secondary N) is 2. The van der Waals surface area contributed by atoms with E-state index >= 15 is 0 Å². The number of rotatable bonds is 5. The number of aromatic amines is 2. The molecule has 2 aliphatic rings. The van der Waals surface area contributed by atoms with Crippen molar-refractivity contribution in [3.63, 3.8) is 0 Å². The molecule has 5 heteroatoms. The Morgan fingerprint density at radius 2 is 1.05 bits per heavy atom. The highest BCUT2D eigenvalue weighted by Gasteiger charge is 2.17. The van der Waals surface area contributed by atoms with Crippen LogP contribution in [0.5, 0.6) is 0 Å². The Morgan fingerprint density at radius 1 is 0.575 bits per heavy atom. The van der Waals surface area contributed by atoms with E-state index in [4.69, 9.17) is 9.97 Å². The molecule has 5 heterocycles. The van der Waals surface area contributed by atoms with Gasteiger partial charge >= 0.3 is 0 Å². The van der Waals surface area contributed by atoms with Gasteiger partial charge in [0.25, 0.3) is 0 Å². The van der Waals surface area contributed by atoms with Crippen molar-refractivity contribution < 1.29 is 0 Å². The lowest BCUT2D eigenvalue weighted by atomic mass is 10.0. The lowest BCUT2D eigenvalue weighted by Gasteiger charge is -2.05. The molecular formula is C35H28N4S. The van der Waals surface area contributed by atoms with Gasteiger partial charge in [-0.15, -0.1) is 11.8 Å². The van der Waals surface area contributed by atoms with Crippen LogP contribution in [0.1, 0.15) is 36.1 Å². The molecule has 0 fully saturated rings. The molecule has 0 saturated carbocycles. The maximum absolute atomic E-state index is 5.21. The Morgan fingerprint density at radius 3 is 1.52 bits per heavy atom. The molecule has 0 amide bonds. The number of hydrogen-bond donors (Lipinski definition) is 2. The monoisotopic (exact) mass is 536 g/mol. The molecule has 2 aromatic carbocycles. The third-order valence-electron chi connectivity index (χ3n) is 7.10. The molecule has 0 saturated heterocycles. The van der Waals surface area contributed by atoms with Crippen molar-refractivity contribution in [3.8, 4) is 22.3 Å². The van der Waals surface area contributed by atoms with Gasteiger partial charge in [-0.05, 0) is 77.9 Å². The molecule has 3 aromatic heterocycles. The Balaban J connectivity index is 1.61. The number of aromatic nitrogens is 4. The molecule has 0 atom stereocenters. The Bertz CT molecular complexity index is 1790. The van der Waals surface area contributed by atoms with Crippen LogP contribution in [0.2, 0.25) is 0 Å². The summed E-state index contributed by atoms with van der Waals surface area (Å²) in [4.78, 5) is 18.8. The van der Waals surface area contributed by atoms with E-state index in [-0.39, 0.29) is 0 Å². The fourth-order valence-electron chi connectivity index (χ4n) is 5.28. The predicted molar refractivity (Wildman–Crippen MR) is 171 cm³/mol. The van der Waals surface area contributed by atoms with Crippen LogP contribution >= 0.6 is 11.8 Å². The van der Waals surface area contributed by atoms with Crippen LogP contribution in [-0.2, 0) is 0 Å². The van der Waals surface area contributed by atoms with E-state index in [2.05, 4.69) is 120 Å². The Hall–Kier alpha value is -4.61. The molecule has 194 valence electrons. The number of fused-ring (bicyclic) bond motifs is 8. The average molecular weight is 537 g/mol. The van der Waals surface area contributed by atoms with Crippen molar-refractivity contribution in [3.05, 3.63) is 114 Å². The second-order valence-corrected chi connectivity index (χ2v) is 11.0. The van der Waals surface area contributed by atoms with Gasteiger partial charge in [0.15, 0.2) is 0 Å². The lowest BCUT2D eigenvalue weighted by Crippen LogP contribution is -1.90. The molecule has 0 spiro atoms. The topological polar surface area (TPSA) is 57.4 Å². The molecule has 40 heavy (non-hydrogen) atoms. The second kappa shape index (κ2) is 10.5. The fourth-order valence-corrected chi connectivity index (χ4v) is 6.21. The zero-order chi connectivity index (χ0) is 26.9. The first-order valence-corrected chi connectivity index (χ1v) is 14.6. The summed E-state index contributed by atoms with van der Waals surface area (Å²) in [7, 11) is 0. The van der Waals surface area contributed by atoms with Crippen molar-refractivity contribution in [2.24, 2.45) is 0 Å². The standard InChI is InChI=1S/C35H28N4S/c1-2-21-40-35-31-19-17-29(38-31)33(23-9-5-3-6-10-23)27-15-13-25(36-27)22-26-14-16-28(37-26)34(24-11-7-4-8-12-24)30-18-20-32(35)39-30/h3-20,22,36-37H,2,21H2,1H3. The largest absolute Gasteiger partial charge is 0.355 e. The summed E-state index contributed by atoms with van der Waals surface area (Å²) in [6, 6.07) is 31.7. The molecule has 0 radical (unpaired) electrons. The zero-order valence-electron chi connectivity index (χ0n) is 22.2. The number of thioether (sulfide) groups is 1. The third-order valence-corrected chi connectivity index (χ3v) is 8.42. The summed E-state index contributed by atoms with van der Waals surface area (Å²) in [5.41, 5.74) is 12.4. The smallest absolute Gasteiger partial charge is 0.0795 e. The van der Waals surface area contributed by atoms with Gasteiger partial charge in [0.05, 0.1) is 27.7 Å². The number of H-pyrrole nitrogens is 2. The van der Waals surface area contributed by atoms with Crippen LogP contribution in [0.3, 0.4) is 0 Å². The molecule has 2 N–H and O–H groups in total. The first-order valence-electron chi connectivity index (χ1n) is 13.6. The van der Waals surface area contributed by atoms with Crippen molar-refractivity contribution in [2.75, 3.05) is 5.75 Å². The van der Waals surface area contributed by atoms with Crippen molar-refractivity contribution >= 4 is 58.1 Å². The minimum Gasteiger partial charge on any atom is -0.355 e. The minimum absolute atomic E-state index is 0.946. The molecule has 4 nitrogen and oxygen atoms in total. The van der Waals surface area contributed by atoms with Gasteiger partial charge in [-0.2, -0.15) is 0 Å². The van der Waals surface area contributed by atoms with Gasteiger partial charge in [0.2, 0.25) is 0 Å². The van der Waals surface area contributed by atoms with Crippen LogP contribution in [0, 0.1) is 0 Å². The molecule has 2 aliphatic heterocycles. The number of benzene rings is 2. The van der Waals surface area contributed by atoms with E-state index in [0.717, 1.165) is 84.2 Å².